The van der Waals surface area contributed by atoms with Gasteiger partial charge < -0.3 is 4.90 Å². The highest BCUT2D eigenvalue weighted by molar-refractivity contribution is 6.42. The molecule has 1 aromatic heterocycles. The van der Waals surface area contributed by atoms with E-state index in [0.717, 1.165) is 18.7 Å². The molecule has 0 N–H and O–H groups in total. The van der Waals surface area contributed by atoms with Crippen LogP contribution < -0.4 is 0 Å². The Morgan fingerprint density at radius 1 is 0.659 bits per heavy atom. The predicted octanol–water partition coefficient (Wildman–Crippen LogP) is 8.05. The number of hydrogen-bond donors (Lipinski definition) is 0. The van der Waals surface area contributed by atoms with E-state index in [1.54, 1.807) is 28.9 Å². The lowest BCUT2D eigenvalue weighted by Crippen LogP contribution is -2.50. The van der Waals surface area contributed by atoms with Gasteiger partial charge in [0.25, 0.3) is 5.91 Å². The largest absolute Gasteiger partial charge is 0.335 e. The molecule has 0 radical (unpaired) electrons. The van der Waals surface area contributed by atoms with Gasteiger partial charge in [0.2, 0.25) is 0 Å². The van der Waals surface area contributed by atoms with Gasteiger partial charge in [-0.15, -0.1) is 0 Å². The van der Waals surface area contributed by atoms with Crippen molar-refractivity contribution in [1.82, 2.24) is 19.6 Å². The fraction of sp³-hybridized carbons (Fsp3) is 0.152. The highest BCUT2D eigenvalue weighted by Gasteiger charge is 2.30. The Kier molecular flexibility index (Phi) is 8.13. The molecule has 41 heavy (non-hydrogen) atoms. The van der Waals surface area contributed by atoms with Crippen molar-refractivity contribution in [3.05, 3.63) is 141 Å². The minimum Gasteiger partial charge on any atom is -0.335 e. The topological polar surface area (TPSA) is 41.4 Å². The van der Waals surface area contributed by atoms with E-state index in [9.17, 15) is 4.79 Å². The summed E-state index contributed by atoms with van der Waals surface area (Å²) in [6.45, 7) is 2.64. The van der Waals surface area contributed by atoms with Crippen LogP contribution in [0.4, 0.5) is 0 Å². The maximum absolute atomic E-state index is 14.0. The molecular formula is C33H27Cl3N4O. The third-order valence-electron chi connectivity index (χ3n) is 7.42. The molecule has 0 bridgehead atoms. The average molecular weight is 602 g/mol. The van der Waals surface area contributed by atoms with Crippen LogP contribution in [0.5, 0.6) is 0 Å². The molecule has 1 aliphatic heterocycles. The molecular weight excluding hydrogens is 575 g/mol. The number of carbonyl (C=O) groups is 1. The number of halogens is 3. The molecule has 1 saturated heterocycles. The molecule has 0 aliphatic carbocycles. The lowest BCUT2D eigenvalue weighted by atomic mass is 9.96. The summed E-state index contributed by atoms with van der Waals surface area (Å²) in [5, 5.41) is 6.18. The Morgan fingerprint density at radius 3 is 1.88 bits per heavy atom. The number of hydrogen-bond acceptors (Lipinski definition) is 3. The molecule has 0 atom stereocenters. The van der Waals surface area contributed by atoms with Crippen LogP contribution in [0.25, 0.3) is 16.9 Å². The van der Waals surface area contributed by atoms with E-state index in [2.05, 4.69) is 53.4 Å². The molecule has 0 spiro atoms. The molecule has 1 aliphatic rings. The van der Waals surface area contributed by atoms with Crippen molar-refractivity contribution in [3.8, 4) is 16.9 Å². The van der Waals surface area contributed by atoms with Crippen molar-refractivity contribution in [2.75, 3.05) is 26.2 Å². The summed E-state index contributed by atoms with van der Waals surface area (Å²) in [5.74, 6) is -0.0995. The van der Waals surface area contributed by atoms with Gasteiger partial charge in [0, 0.05) is 31.7 Å². The molecule has 5 aromatic rings. The Balaban J connectivity index is 1.30. The van der Waals surface area contributed by atoms with Gasteiger partial charge in [-0.25, -0.2) is 4.68 Å². The van der Waals surface area contributed by atoms with Crippen LogP contribution in [-0.2, 0) is 0 Å². The molecule has 1 amide bonds. The summed E-state index contributed by atoms with van der Waals surface area (Å²) in [5.41, 5.74) is 4.92. The van der Waals surface area contributed by atoms with Crippen LogP contribution in [0, 0.1) is 0 Å². The number of benzene rings is 4. The normalized spacial score (nSPS) is 14.0. The third kappa shape index (κ3) is 5.77. The molecule has 1 fully saturated rings. The summed E-state index contributed by atoms with van der Waals surface area (Å²) in [7, 11) is 0. The SMILES string of the molecule is O=C(c1cc(-c2ccccc2Cl)nn1-c1ccc(Cl)c(Cl)c1)N1CCN(C(c2ccccc2)c2ccccc2)CC1. The van der Waals surface area contributed by atoms with Gasteiger partial charge in [0.05, 0.1) is 32.5 Å². The van der Waals surface area contributed by atoms with Gasteiger partial charge in [-0.3, -0.25) is 9.69 Å². The Morgan fingerprint density at radius 2 is 1.27 bits per heavy atom. The fourth-order valence-electron chi connectivity index (χ4n) is 5.38. The zero-order valence-corrected chi connectivity index (χ0v) is 24.4. The standard InChI is InChI=1S/C33H27Cl3N4O/c34-27-14-8-7-13-26(27)30-22-31(40(37-30)25-15-16-28(35)29(36)21-25)33(41)39-19-17-38(18-20-39)32(23-9-3-1-4-10-23)24-11-5-2-6-12-24/h1-16,21-22,32H,17-20H2. The molecule has 206 valence electrons. The first kappa shape index (κ1) is 27.6. The summed E-state index contributed by atoms with van der Waals surface area (Å²) in [6.07, 6.45) is 0. The molecule has 4 aromatic carbocycles. The minimum absolute atomic E-state index is 0.0995. The van der Waals surface area contributed by atoms with E-state index in [1.165, 1.54) is 11.1 Å². The van der Waals surface area contributed by atoms with Crippen LogP contribution in [0.15, 0.2) is 109 Å². The fourth-order valence-corrected chi connectivity index (χ4v) is 5.90. The van der Waals surface area contributed by atoms with E-state index >= 15 is 0 Å². The number of amides is 1. The first-order valence-corrected chi connectivity index (χ1v) is 14.6. The Bertz CT molecular complexity index is 1630. The summed E-state index contributed by atoms with van der Waals surface area (Å²) >= 11 is 19.0. The average Bonchev–Trinajstić information content (AvgIpc) is 3.45. The second-order valence-electron chi connectivity index (χ2n) is 9.96. The Hall–Kier alpha value is -3.61. The number of nitrogens with zero attached hydrogens (tertiary/aromatic N) is 4. The van der Waals surface area contributed by atoms with E-state index in [-0.39, 0.29) is 11.9 Å². The van der Waals surface area contributed by atoms with Crippen LogP contribution in [0.2, 0.25) is 15.1 Å². The smallest absolute Gasteiger partial charge is 0.272 e. The Labute approximate surface area is 254 Å². The van der Waals surface area contributed by atoms with Crippen molar-refractivity contribution in [2.45, 2.75) is 6.04 Å². The molecule has 0 saturated carbocycles. The van der Waals surface area contributed by atoms with E-state index in [1.807, 2.05) is 41.3 Å². The van der Waals surface area contributed by atoms with E-state index < -0.39 is 0 Å². The maximum atomic E-state index is 14.0. The van der Waals surface area contributed by atoms with Crippen LogP contribution in [-0.4, -0.2) is 51.7 Å². The molecule has 0 unspecified atom stereocenters. The zero-order valence-electron chi connectivity index (χ0n) is 22.1. The number of aromatic nitrogens is 2. The van der Waals surface area contributed by atoms with Crippen molar-refractivity contribution in [1.29, 1.82) is 0 Å². The highest BCUT2D eigenvalue weighted by Crippen LogP contribution is 2.32. The predicted molar refractivity (Wildman–Crippen MR) is 166 cm³/mol. The minimum atomic E-state index is -0.0995. The molecule has 5 nitrogen and oxygen atoms in total. The van der Waals surface area contributed by atoms with Crippen molar-refractivity contribution in [2.24, 2.45) is 0 Å². The second-order valence-corrected chi connectivity index (χ2v) is 11.2. The van der Waals surface area contributed by atoms with Crippen LogP contribution >= 0.6 is 34.8 Å². The molecule has 2 heterocycles. The maximum Gasteiger partial charge on any atom is 0.272 e. The van der Waals surface area contributed by atoms with E-state index in [4.69, 9.17) is 39.9 Å². The van der Waals surface area contributed by atoms with Gasteiger partial charge in [0.15, 0.2) is 0 Å². The van der Waals surface area contributed by atoms with E-state index in [0.29, 0.717) is 45.2 Å². The first-order chi connectivity index (χ1) is 20.0. The first-order valence-electron chi connectivity index (χ1n) is 13.4. The van der Waals surface area contributed by atoms with Crippen LogP contribution in [0.3, 0.4) is 0 Å². The zero-order chi connectivity index (χ0) is 28.3. The monoisotopic (exact) mass is 600 g/mol. The quantitative estimate of drug-likeness (QED) is 0.198. The van der Waals surface area contributed by atoms with Gasteiger partial charge in [-0.05, 0) is 41.5 Å². The highest BCUT2D eigenvalue weighted by atomic mass is 35.5. The summed E-state index contributed by atoms with van der Waals surface area (Å²) < 4.78 is 1.63. The summed E-state index contributed by atoms with van der Waals surface area (Å²) in [6, 6.07) is 35.7. The lowest BCUT2D eigenvalue weighted by molar-refractivity contribution is 0.0589. The van der Waals surface area contributed by atoms with Gasteiger partial charge in [0.1, 0.15) is 5.69 Å². The van der Waals surface area contributed by atoms with Gasteiger partial charge in [-0.1, -0.05) is 114 Å². The summed E-state index contributed by atoms with van der Waals surface area (Å²) in [4.78, 5) is 18.4. The van der Waals surface area contributed by atoms with Crippen molar-refractivity contribution >= 4 is 40.7 Å². The van der Waals surface area contributed by atoms with Crippen molar-refractivity contribution < 1.29 is 4.79 Å². The van der Waals surface area contributed by atoms with Gasteiger partial charge in [-0.2, -0.15) is 5.10 Å². The number of rotatable bonds is 6. The lowest BCUT2D eigenvalue weighted by Gasteiger charge is -2.39. The third-order valence-corrected chi connectivity index (χ3v) is 8.49. The molecule has 8 heteroatoms. The van der Waals surface area contributed by atoms with Gasteiger partial charge >= 0.3 is 0 Å². The number of carbonyl (C=O) groups excluding carboxylic acids is 1. The van der Waals surface area contributed by atoms with Crippen LogP contribution in [0.1, 0.15) is 27.7 Å². The number of piperazine rings is 1. The molecule has 6 rings (SSSR count). The van der Waals surface area contributed by atoms with Crippen molar-refractivity contribution in [3.63, 3.8) is 0 Å². The second kappa shape index (κ2) is 12.1.